The van der Waals surface area contributed by atoms with E-state index >= 15 is 0 Å². The van der Waals surface area contributed by atoms with Gasteiger partial charge in [0.25, 0.3) is 0 Å². The zero-order valence-corrected chi connectivity index (χ0v) is 8.49. The number of hydrogen-bond donors (Lipinski definition) is 0. The molecule has 0 amide bonds. The molecule has 0 aliphatic rings. The third-order valence-electron chi connectivity index (χ3n) is 1.44. The molecule has 2 nitrogen and oxygen atoms in total. The van der Waals surface area contributed by atoms with Crippen molar-refractivity contribution in [2.75, 3.05) is 7.11 Å². The molecular weight excluding hydrogens is 217 g/mol. The normalized spacial score (nSPS) is 9.00. The third kappa shape index (κ3) is 2.58. The van der Waals surface area contributed by atoms with E-state index in [1.165, 1.54) is 5.56 Å². The summed E-state index contributed by atoms with van der Waals surface area (Å²) in [6, 6.07) is 7.84. The average Bonchev–Trinajstić information content (AvgIpc) is 2.15. The van der Waals surface area contributed by atoms with Crippen LogP contribution in [0.1, 0.15) is 5.56 Å². The molecule has 3 heteroatoms. The van der Waals surface area contributed by atoms with Gasteiger partial charge in [-0.15, -0.1) is 0 Å². The summed E-state index contributed by atoms with van der Waals surface area (Å²) in [7, 11) is 1.65. The van der Waals surface area contributed by atoms with Crippen LogP contribution in [0.25, 0.3) is 0 Å². The van der Waals surface area contributed by atoms with Crippen molar-refractivity contribution in [3.05, 3.63) is 29.8 Å². The van der Waals surface area contributed by atoms with Crippen LogP contribution in [0.2, 0.25) is 0 Å². The molecule has 0 aliphatic carbocycles. The van der Waals surface area contributed by atoms with Crippen LogP contribution < -0.4 is 4.74 Å². The summed E-state index contributed by atoms with van der Waals surface area (Å²) < 4.78 is 5.06. The standard InChI is InChI=1S/C9H9NOSe/c1-11-9-4-2-3-8(5-9)6-12-7-10/h2-5H,6H2,1H3. The molecule has 0 N–H and O–H groups in total. The van der Waals surface area contributed by atoms with Crippen LogP contribution in [0.4, 0.5) is 0 Å². The van der Waals surface area contributed by atoms with Crippen LogP contribution >= 0.6 is 0 Å². The predicted molar refractivity (Wildman–Crippen MR) is 48.1 cm³/mol. The van der Waals surface area contributed by atoms with Crippen molar-refractivity contribution in [1.82, 2.24) is 0 Å². The first-order valence-electron chi connectivity index (χ1n) is 3.50. The second-order valence-corrected chi connectivity index (χ2v) is 3.83. The van der Waals surface area contributed by atoms with Gasteiger partial charge in [-0.3, -0.25) is 0 Å². The minimum atomic E-state index is 0.0619. The molecule has 12 heavy (non-hydrogen) atoms. The maximum absolute atomic E-state index is 8.40. The van der Waals surface area contributed by atoms with Gasteiger partial charge in [0.15, 0.2) is 0 Å². The van der Waals surface area contributed by atoms with Crippen LogP contribution in [-0.2, 0) is 5.32 Å². The van der Waals surface area contributed by atoms with Gasteiger partial charge in [0.1, 0.15) is 0 Å². The van der Waals surface area contributed by atoms with E-state index in [0.717, 1.165) is 11.1 Å². The minimum absolute atomic E-state index is 0.0619. The van der Waals surface area contributed by atoms with Crippen molar-refractivity contribution in [3.63, 3.8) is 0 Å². The van der Waals surface area contributed by atoms with Gasteiger partial charge >= 0.3 is 77.9 Å². The van der Waals surface area contributed by atoms with Gasteiger partial charge < -0.3 is 0 Å². The Hall–Kier alpha value is -0.971. The second kappa shape index (κ2) is 4.82. The first-order valence-corrected chi connectivity index (χ1v) is 5.57. The van der Waals surface area contributed by atoms with E-state index in [9.17, 15) is 0 Å². The Morgan fingerprint density at radius 3 is 3.08 bits per heavy atom. The number of nitrogens with zero attached hydrogens (tertiary/aromatic N) is 1. The topological polar surface area (TPSA) is 33.0 Å². The quantitative estimate of drug-likeness (QED) is 0.729. The molecule has 0 saturated carbocycles. The summed E-state index contributed by atoms with van der Waals surface area (Å²) in [5.74, 6) is 0.862. The fourth-order valence-electron chi connectivity index (χ4n) is 0.878. The Bertz CT molecular complexity index is 293. The van der Waals surface area contributed by atoms with Gasteiger partial charge in [-0.25, -0.2) is 0 Å². The van der Waals surface area contributed by atoms with Crippen molar-refractivity contribution in [2.24, 2.45) is 0 Å². The average molecular weight is 226 g/mol. The summed E-state index contributed by atoms with van der Waals surface area (Å²) in [6.07, 6.45) is 0. The molecule has 0 bridgehead atoms. The van der Waals surface area contributed by atoms with E-state index in [0.29, 0.717) is 0 Å². The molecule has 62 valence electrons. The predicted octanol–water partition coefficient (Wildman–Crippen LogP) is 1.38. The zero-order chi connectivity index (χ0) is 8.81. The third-order valence-corrected chi connectivity index (χ3v) is 2.71. The summed E-state index contributed by atoms with van der Waals surface area (Å²) in [5.41, 5.74) is 1.18. The molecule has 1 rings (SSSR count). The molecule has 0 radical (unpaired) electrons. The van der Waals surface area contributed by atoms with Gasteiger partial charge in [-0.1, -0.05) is 0 Å². The molecular formula is C9H9NOSe. The zero-order valence-electron chi connectivity index (χ0n) is 6.78. The molecule has 0 aliphatic heterocycles. The molecule has 0 spiro atoms. The molecule has 0 atom stereocenters. The first kappa shape index (κ1) is 9.12. The van der Waals surface area contributed by atoms with Gasteiger partial charge in [-0.2, -0.15) is 0 Å². The van der Waals surface area contributed by atoms with Gasteiger partial charge in [-0.05, 0) is 0 Å². The Labute approximate surface area is 78.3 Å². The summed E-state index contributed by atoms with van der Waals surface area (Å²) in [4.78, 5) is 2.18. The number of benzene rings is 1. The molecule has 1 aromatic carbocycles. The Morgan fingerprint density at radius 1 is 1.58 bits per heavy atom. The number of methoxy groups -OCH3 is 1. The molecule has 0 saturated heterocycles. The van der Waals surface area contributed by atoms with Crippen molar-refractivity contribution in [2.45, 2.75) is 5.32 Å². The monoisotopic (exact) mass is 227 g/mol. The van der Waals surface area contributed by atoms with E-state index in [1.54, 1.807) is 7.11 Å². The van der Waals surface area contributed by atoms with Crippen LogP contribution in [0.5, 0.6) is 5.75 Å². The van der Waals surface area contributed by atoms with E-state index in [4.69, 9.17) is 10.00 Å². The van der Waals surface area contributed by atoms with E-state index in [2.05, 4.69) is 4.97 Å². The van der Waals surface area contributed by atoms with Gasteiger partial charge in [0, 0.05) is 0 Å². The molecule has 0 aromatic heterocycles. The molecule has 1 aromatic rings. The SMILES string of the molecule is COc1cccc(C[Se]C#N)c1. The van der Waals surface area contributed by atoms with Gasteiger partial charge in [0.05, 0.1) is 0 Å². The molecule has 0 fully saturated rings. The van der Waals surface area contributed by atoms with Crippen molar-refractivity contribution in [1.29, 1.82) is 5.26 Å². The molecule has 0 heterocycles. The van der Waals surface area contributed by atoms with Crippen molar-refractivity contribution >= 4 is 15.0 Å². The Kier molecular flexibility index (Phi) is 3.66. The fraction of sp³-hybridized carbons (Fsp3) is 0.222. The van der Waals surface area contributed by atoms with Crippen LogP contribution in [0.3, 0.4) is 0 Å². The maximum atomic E-state index is 8.40. The number of rotatable bonds is 3. The van der Waals surface area contributed by atoms with E-state index in [1.807, 2.05) is 24.3 Å². The van der Waals surface area contributed by atoms with Crippen LogP contribution in [0.15, 0.2) is 24.3 Å². The number of hydrogen-bond acceptors (Lipinski definition) is 2. The Morgan fingerprint density at radius 2 is 2.42 bits per heavy atom. The van der Waals surface area contributed by atoms with Crippen LogP contribution in [0, 0.1) is 10.2 Å². The fourth-order valence-corrected chi connectivity index (χ4v) is 1.74. The number of nitriles is 1. The van der Waals surface area contributed by atoms with Gasteiger partial charge in [0.2, 0.25) is 0 Å². The first-order chi connectivity index (χ1) is 5.86. The Balaban J connectivity index is 2.67. The van der Waals surface area contributed by atoms with Crippen molar-refractivity contribution < 1.29 is 4.74 Å². The van der Waals surface area contributed by atoms with E-state index in [-0.39, 0.29) is 15.0 Å². The molecule has 0 unspecified atom stereocenters. The summed E-state index contributed by atoms with van der Waals surface area (Å²) in [5, 5.41) is 9.26. The van der Waals surface area contributed by atoms with Crippen LogP contribution in [-0.4, -0.2) is 22.1 Å². The second-order valence-electron chi connectivity index (χ2n) is 2.23. The number of ether oxygens (including phenoxy) is 1. The summed E-state index contributed by atoms with van der Waals surface area (Å²) >= 11 is 0.0619. The van der Waals surface area contributed by atoms with Crippen molar-refractivity contribution in [3.8, 4) is 10.7 Å². The summed E-state index contributed by atoms with van der Waals surface area (Å²) in [6.45, 7) is 0. The van der Waals surface area contributed by atoms with E-state index < -0.39 is 0 Å².